The van der Waals surface area contributed by atoms with Crippen LogP contribution in [0, 0.1) is 0 Å². The predicted molar refractivity (Wildman–Crippen MR) is 198 cm³/mol. The van der Waals surface area contributed by atoms with Crippen molar-refractivity contribution in [2.24, 2.45) is 7.05 Å². The van der Waals surface area contributed by atoms with Crippen molar-refractivity contribution in [3.63, 3.8) is 0 Å². The van der Waals surface area contributed by atoms with Gasteiger partial charge in [0.1, 0.15) is 0 Å². The molecular formula is C43H32N2Si. The molecule has 46 heavy (non-hydrogen) atoms. The molecule has 2 nitrogen and oxygen atoms in total. The van der Waals surface area contributed by atoms with Gasteiger partial charge in [0.25, 0.3) is 0 Å². The maximum absolute atomic E-state index is 2.66. The standard InChI is InChI=1S/C43H32N2Si/c1-44-39-25-13-11-22-35(39)37-24-15-27-42(43(37)44)45-40-26-14-12-23-36(40)38-30-34(28-29-41(38)45)46(31-16-5-2-6-17-31,32-18-7-3-8-19-32)33-20-9-4-10-21-33/h2-30H,1H3. The van der Waals surface area contributed by atoms with Gasteiger partial charge in [-0.2, -0.15) is 0 Å². The maximum Gasteiger partial charge on any atom is 0.179 e. The molecule has 0 spiro atoms. The van der Waals surface area contributed by atoms with Gasteiger partial charge >= 0.3 is 0 Å². The third-order valence-corrected chi connectivity index (χ3v) is 14.6. The first-order chi connectivity index (χ1) is 22.8. The normalized spacial score (nSPS) is 12.0. The Labute approximate surface area is 269 Å². The van der Waals surface area contributed by atoms with Crippen LogP contribution in [0.3, 0.4) is 0 Å². The number of para-hydroxylation sites is 3. The highest BCUT2D eigenvalue weighted by Crippen LogP contribution is 2.37. The number of benzene rings is 7. The van der Waals surface area contributed by atoms with Crippen molar-refractivity contribution in [2.75, 3.05) is 0 Å². The van der Waals surface area contributed by atoms with Gasteiger partial charge in [-0.3, -0.25) is 0 Å². The van der Waals surface area contributed by atoms with Crippen LogP contribution in [0.15, 0.2) is 176 Å². The fourth-order valence-electron chi connectivity index (χ4n) is 7.93. The fraction of sp³-hybridized carbons (Fsp3) is 0.0233. The molecule has 0 amide bonds. The Morgan fingerprint density at radius 2 is 0.848 bits per heavy atom. The van der Waals surface area contributed by atoms with Crippen LogP contribution in [-0.4, -0.2) is 17.2 Å². The third-order valence-electron chi connectivity index (χ3n) is 9.87. The van der Waals surface area contributed by atoms with Crippen molar-refractivity contribution in [1.29, 1.82) is 0 Å². The second-order valence-electron chi connectivity index (χ2n) is 12.2. The van der Waals surface area contributed by atoms with Crippen LogP contribution in [0.25, 0.3) is 49.3 Å². The molecule has 3 heteroatoms. The lowest BCUT2D eigenvalue weighted by molar-refractivity contribution is 1.00. The van der Waals surface area contributed by atoms with E-state index in [0.29, 0.717) is 0 Å². The number of rotatable bonds is 5. The SMILES string of the molecule is Cn1c2ccccc2c2cccc(-n3c4ccccc4c4cc([Si](c5ccccc5)(c5ccccc5)c5ccccc5)ccc43)c21. The fourth-order valence-corrected chi connectivity index (χ4v) is 12.7. The zero-order chi connectivity index (χ0) is 30.7. The Hall–Kier alpha value is -5.64. The monoisotopic (exact) mass is 604 g/mol. The van der Waals surface area contributed by atoms with E-state index in [1.54, 1.807) is 0 Å². The number of hydrogen-bond acceptors (Lipinski definition) is 0. The topological polar surface area (TPSA) is 9.86 Å². The van der Waals surface area contributed by atoms with E-state index in [4.69, 9.17) is 0 Å². The smallest absolute Gasteiger partial charge is 0.179 e. The largest absolute Gasteiger partial charge is 0.342 e. The summed E-state index contributed by atoms with van der Waals surface area (Å²) >= 11 is 0. The van der Waals surface area contributed by atoms with E-state index in [-0.39, 0.29) is 0 Å². The quantitative estimate of drug-likeness (QED) is 0.140. The van der Waals surface area contributed by atoms with Gasteiger partial charge in [0, 0.05) is 34.1 Å². The first kappa shape index (κ1) is 26.7. The van der Waals surface area contributed by atoms with Crippen LogP contribution in [0.5, 0.6) is 0 Å². The van der Waals surface area contributed by atoms with E-state index >= 15 is 0 Å². The van der Waals surface area contributed by atoms with Gasteiger partial charge < -0.3 is 9.13 Å². The maximum atomic E-state index is 2.51. The Kier molecular flexibility index (Phi) is 6.09. The lowest BCUT2D eigenvalue weighted by Crippen LogP contribution is -2.74. The van der Waals surface area contributed by atoms with E-state index in [1.807, 2.05) is 0 Å². The van der Waals surface area contributed by atoms with E-state index in [0.717, 1.165) is 0 Å². The lowest BCUT2D eigenvalue weighted by atomic mass is 10.1. The minimum atomic E-state index is -2.66. The highest BCUT2D eigenvalue weighted by atomic mass is 28.3. The molecule has 2 aromatic heterocycles. The van der Waals surface area contributed by atoms with Gasteiger partial charge in [-0.15, -0.1) is 0 Å². The molecule has 0 radical (unpaired) electrons. The molecule has 218 valence electrons. The zero-order valence-electron chi connectivity index (χ0n) is 25.6. The van der Waals surface area contributed by atoms with Crippen molar-refractivity contribution in [3.8, 4) is 5.69 Å². The number of hydrogen-bond donors (Lipinski definition) is 0. The van der Waals surface area contributed by atoms with Crippen LogP contribution >= 0.6 is 0 Å². The Morgan fingerprint density at radius 3 is 1.46 bits per heavy atom. The third kappa shape index (κ3) is 3.76. The van der Waals surface area contributed by atoms with Gasteiger partial charge in [0.15, 0.2) is 8.07 Å². The summed E-state index contributed by atoms with van der Waals surface area (Å²) in [5.41, 5.74) is 6.14. The summed E-state index contributed by atoms with van der Waals surface area (Å²) in [4.78, 5) is 0. The van der Waals surface area contributed by atoms with Gasteiger partial charge in [0.2, 0.25) is 0 Å². The predicted octanol–water partition coefficient (Wildman–Crippen LogP) is 7.81. The van der Waals surface area contributed by atoms with Gasteiger partial charge in [-0.25, -0.2) is 0 Å². The lowest BCUT2D eigenvalue weighted by Gasteiger charge is -2.34. The van der Waals surface area contributed by atoms with E-state index in [2.05, 4.69) is 192 Å². The Balaban J connectivity index is 1.40. The summed E-state index contributed by atoms with van der Waals surface area (Å²) in [6, 6.07) is 65.2. The molecular weight excluding hydrogens is 573 g/mol. The van der Waals surface area contributed by atoms with Gasteiger partial charge in [0.05, 0.1) is 22.2 Å². The average Bonchev–Trinajstić information content (AvgIpc) is 3.62. The van der Waals surface area contributed by atoms with Crippen LogP contribution in [0.2, 0.25) is 0 Å². The number of fused-ring (bicyclic) bond motifs is 6. The second-order valence-corrected chi connectivity index (χ2v) is 16.0. The average molecular weight is 605 g/mol. The summed E-state index contributed by atoms with van der Waals surface area (Å²) in [6.45, 7) is 0. The summed E-state index contributed by atoms with van der Waals surface area (Å²) in [5.74, 6) is 0. The van der Waals surface area contributed by atoms with Gasteiger partial charge in [-0.1, -0.05) is 152 Å². The van der Waals surface area contributed by atoms with Crippen LogP contribution < -0.4 is 20.7 Å². The Morgan fingerprint density at radius 1 is 0.370 bits per heavy atom. The van der Waals surface area contributed by atoms with Gasteiger partial charge in [-0.05, 0) is 45.0 Å². The molecule has 9 aromatic rings. The molecule has 0 atom stereocenters. The number of nitrogens with zero attached hydrogens (tertiary/aromatic N) is 2. The molecule has 0 saturated carbocycles. The molecule has 0 aliphatic heterocycles. The molecule has 0 saturated heterocycles. The highest BCUT2D eigenvalue weighted by Gasteiger charge is 2.41. The minimum absolute atomic E-state index is 1.20. The number of aromatic nitrogens is 2. The minimum Gasteiger partial charge on any atom is -0.342 e. The summed E-state index contributed by atoms with van der Waals surface area (Å²) < 4.78 is 4.83. The Bertz CT molecular complexity index is 2430. The first-order valence-corrected chi connectivity index (χ1v) is 17.9. The van der Waals surface area contributed by atoms with Crippen molar-refractivity contribution in [1.82, 2.24) is 9.13 Å². The first-order valence-electron chi connectivity index (χ1n) is 15.9. The van der Waals surface area contributed by atoms with Crippen molar-refractivity contribution in [2.45, 2.75) is 0 Å². The summed E-state index contributed by atoms with van der Waals surface area (Å²) in [5, 5.41) is 10.7. The van der Waals surface area contributed by atoms with Crippen molar-refractivity contribution >= 4 is 72.4 Å². The van der Waals surface area contributed by atoms with Crippen molar-refractivity contribution in [3.05, 3.63) is 176 Å². The molecule has 2 heterocycles. The molecule has 0 fully saturated rings. The molecule has 7 aromatic carbocycles. The number of aryl methyl sites for hydroxylation is 1. The zero-order valence-corrected chi connectivity index (χ0v) is 26.6. The highest BCUT2D eigenvalue weighted by molar-refractivity contribution is 7.20. The van der Waals surface area contributed by atoms with Crippen LogP contribution in [0.4, 0.5) is 0 Å². The van der Waals surface area contributed by atoms with Crippen LogP contribution in [-0.2, 0) is 7.05 Å². The second kappa shape index (κ2) is 10.5. The summed E-state index contributed by atoms with van der Waals surface area (Å²) in [6.07, 6.45) is 0. The molecule has 0 N–H and O–H groups in total. The molecule has 0 unspecified atom stereocenters. The molecule has 9 rings (SSSR count). The molecule has 0 aliphatic carbocycles. The van der Waals surface area contributed by atoms with E-state index in [1.165, 1.54) is 70.0 Å². The van der Waals surface area contributed by atoms with E-state index < -0.39 is 8.07 Å². The molecule has 0 bridgehead atoms. The molecule has 0 aliphatic rings. The summed E-state index contributed by atoms with van der Waals surface area (Å²) in [7, 11) is -0.469. The van der Waals surface area contributed by atoms with E-state index in [9.17, 15) is 0 Å². The van der Waals surface area contributed by atoms with Crippen LogP contribution in [0.1, 0.15) is 0 Å². The van der Waals surface area contributed by atoms with Crippen molar-refractivity contribution < 1.29 is 0 Å².